The van der Waals surface area contributed by atoms with Crippen molar-refractivity contribution < 1.29 is 64.4 Å². The van der Waals surface area contributed by atoms with Gasteiger partial charge in [-0.15, -0.1) is 0 Å². The van der Waals surface area contributed by atoms with Crippen molar-refractivity contribution in [2.75, 3.05) is 0 Å². The summed E-state index contributed by atoms with van der Waals surface area (Å²) in [6.07, 6.45) is 1.46. The Hall–Kier alpha value is 0.246. The van der Waals surface area contributed by atoms with Crippen LogP contribution in [0.25, 0.3) is 10.8 Å². The van der Waals surface area contributed by atoms with Crippen LogP contribution in [0.5, 0.6) is 0 Å². The zero-order valence-corrected chi connectivity index (χ0v) is 15.4. The average Bonchev–Trinajstić information content (AvgIpc) is 2.35. The minimum Gasteiger partial charge on any atom is -0.744 e. The third kappa shape index (κ3) is 3.67. The number of hydrogen-bond donors (Lipinski definition) is 0. The van der Waals surface area contributed by atoms with E-state index in [2.05, 4.69) is 6.92 Å². The summed E-state index contributed by atoms with van der Waals surface area (Å²) in [6.45, 7) is 3.93. The molecule has 0 saturated carbocycles. The van der Waals surface area contributed by atoms with Crippen molar-refractivity contribution in [3.8, 4) is 0 Å². The van der Waals surface area contributed by atoms with Gasteiger partial charge in [0.05, 0.1) is 4.90 Å². The molecule has 0 unspecified atom stereocenters. The molecule has 19 heavy (non-hydrogen) atoms. The Kier molecular flexibility index (Phi) is 6.19. The van der Waals surface area contributed by atoms with Crippen LogP contribution < -0.4 is 51.4 Å². The molecule has 0 spiro atoms. The van der Waals surface area contributed by atoms with Gasteiger partial charge in [-0.25, -0.2) is 8.42 Å². The van der Waals surface area contributed by atoms with Crippen molar-refractivity contribution in [1.29, 1.82) is 0 Å². The molecule has 0 atom stereocenters. The van der Waals surface area contributed by atoms with Crippen LogP contribution in [0.2, 0.25) is 0 Å². The van der Waals surface area contributed by atoms with E-state index in [4.69, 9.17) is 0 Å². The summed E-state index contributed by atoms with van der Waals surface area (Å²) in [5.74, 6) is 0. The first-order valence-electron chi connectivity index (χ1n) is 5.97. The molecule has 96 valence electrons. The van der Waals surface area contributed by atoms with E-state index in [9.17, 15) is 13.0 Å². The van der Waals surface area contributed by atoms with Gasteiger partial charge in [-0.3, -0.25) is 0 Å². The van der Waals surface area contributed by atoms with Crippen LogP contribution >= 0.6 is 0 Å². The summed E-state index contributed by atoms with van der Waals surface area (Å²) >= 11 is 0. The predicted molar refractivity (Wildman–Crippen MR) is 70.7 cm³/mol. The molecule has 0 heterocycles. The van der Waals surface area contributed by atoms with Crippen LogP contribution in [0.1, 0.15) is 25.0 Å². The fraction of sp³-hybridized carbons (Fsp3) is 0.286. The van der Waals surface area contributed by atoms with Crippen LogP contribution in [0.4, 0.5) is 0 Å². The van der Waals surface area contributed by atoms with E-state index in [1.807, 2.05) is 25.1 Å². The summed E-state index contributed by atoms with van der Waals surface area (Å²) in [5, 5.41) is 1.84. The molecule has 0 amide bonds. The predicted octanol–water partition coefficient (Wildman–Crippen LogP) is -0.127. The molecule has 2 aromatic rings. The second kappa shape index (κ2) is 6.80. The second-order valence-corrected chi connectivity index (χ2v) is 5.61. The third-order valence-electron chi connectivity index (χ3n) is 3.18. The fourth-order valence-electron chi connectivity index (χ4n) is 2.24. The smallest absolute Gasteiger partial charge is 0.744 e. The zero-order chi connectivity index (χ0) is 13.3. The normalized spacial score (nSPS) is 11.3. The van der Waals surface area contributed by atoms with Gasteiger partial charge in [0.2, 0.25) is 0 Å². The van der Waals surface area contributed by atoms with E-state index in [1.54, 1.807) is 6.07 Å². The maximum atomic E-state index is 11.2. The first-order chi connectivity index (χ1) is 8.47. The first-order valence-corrected chi connectivity index (χ1v) is 7.38. The van der Waals surface area contributed by atoms with E-state index in [-0.39, 0.29) is 56.3 Å². The average molecular weight is 302 g/mol. The minimum atomic E-state index is -4.40. The summed E-state index contributed by atoms with van der Waals surface area (Å²) in [7, 11) is -4.40. The molecule has 2 rings (SSSR count). The van der Waals surface area contributed by atoms with E-state index >= 15 is 0 Å². The molecule has 3 nitrogen and oxygen atoms in total. The monoisotopic (exact) mass is 302 g/mol. The van der Waals surface area contributed by atoms with Crippen LogP contribution in [0, 0.1) is 0 Å². The van der Waals surface area contributed by atoms with Crippen molar-refractivity contribution >= 4 is 20.9 Å². The quantitative estimate of drug-likeness (QED) is 0.586. The maximum absolute atomic E-state index is 11.2. The van der Waals surface area contributed by atoms with Crippen LogP contribution in [0.15, 0.2) is 35.2 Å². The van der Waals surface area contributed by atoms with Gasteiger partial charge in [0.25, 0.3) is 0 Å². The SMILES string of the molecule is CCc1ccc2c(CC)c(S(=O)(=O)[O-])ccc2c1.[K+]. The molecule has 0 fully saturated rings. The van der Waals surface area contributed by atoms with Gasteiger partial charge < -0.3 is 4.55 Å². The number of benzene rings is 2. The molecule has 5 heteroatoms. The van der Waals surface area contributed by atoms with Gasteiger partial charge >= 0.3 is 51.4 Å². The molecule has 0 aliphatic carbocycles. The molecule has 0 radical (unpaired) electrons. The molecule has 0 saturated heterocycles. The molecule has 0 bridgehead atoms. The van der Waals surface area contributed by atoms with Crippen molar-refractivity contribution in [3.63, 3.8) is 0 Å². The minimum absolute atomic E-state index is 0. The molecule has 0 aliphatic rings. The van der Waals surface area contributed by atoms with E-state index < -0.39 is 10.1 Å². The Morgan fingerprint density at radius 1 is 1.05 bits per heavy atom. The van der Waals surface area contributed by atoms with E-state index in [1.165, 1.54) is 11.6 Å². The molecular weight excluding hydrogens is 287 g/mol. The van der Waals surface area contributed by atoms with Crippen LogP contribution in [0.3, 0.4) is 0 Å². The zero-order valence-electron chi connectivity index (χ0n) is 11.4. The standard InChI is InChI=1S/C14H16O3S.K/c1-3-10-5-7-13-11(9-10)6-8-14(12(13)4-2)18(15,16)17;/h5-9H,3-4H2,1-2H3,(H,15,16,17);/q;+1/p-1. The van der Waals surface area contributed by atoms with Gasteiger partial charge in [-0.1, -0.05) is 38.1 Å². The topological polar surface area (TPSA) is 57.2 Å². The Bertz CT molecular complexity index is 693. The maximum Gasteiger partial charge on any atom is 1.00 e. The first kappa shape index (κ1) is 17.3. The molecular formula is C14H15KO3S. The van der Waals surface area contributed by atoms with Gasteiger partial charge in [-0.05, 0) is 40.8 Å². The number of aryl methyl sites for hydroxylation is 2. The van der Waals surface area contributed by atoms with Crippen LogP contribution in [-0.4, -0.2) is 13.0 Å². The molecule has 0 aromatic heterocycles. The Balaban J connectivity index is 0.00000180. The van der Waals surface area contributed by atoms with Crippen molar-refractivity contribution in [2.45, 2.75) is 31.6 Å². The summed E-state index contributed by atoms with van der Waals surface area (Å²) in [5.41, 5.74) is 1.81. The number of hydrogen-bond acceptors (Lipinski definition) is 3. The Morgan fingerprint density at radius 2 is 1.74 bits per heavy atom. The van der Waals surface area contributed by atoms with Gasteiger partial charge in [0.1, 0.15) is 10.1 Å². The second-order valence-electron chi connectivity index (χ2n) is 4.26. The molecule has 2 aromatic carbocycles. The molecule has 0 N–H and O–H groups in total. The van der Waals surface area contributed by atoms with Crippen molar-refractivity contribution in [1.82, 2.24) is 0 Å². The molecule has 0 aliphatic heterocycles. The Morgan fingerprint density at radius 3 is 2.26 bits per heavy atom. The fourth-order valence-corrected chi connectivity index (χ4v) is 3.03. The van der Waals surface area contributed by atoms with Gasteiger partial charge in [-0.2, -0.15) is 0 Å². The summed E-state index contributed by atoms with van der Waals surface area (Å²) in [6, 6.07) is 9.04. The van der Waals surface area contributed by atoms with Gasteiger partial charge in [0, 0.05) is 0 Å². The largest absolute Gasteiger partial charge is 1.00 e. The van der Waals surface area contributed by atoms with E-state index in [0.29, 0.717) is 12.0 Å². The van der Waals surface area contributed by atoms with Gasteiger partial charge in [0.15, 0.2) is 0 Å². The van der Waals surface area contributed by atoms with Crippen molar-refractivity contribution in [2.24, 2.45) is 0 Å². The Labute approximate surface area is 156 Å². The number of fused-ring (bicyclic) bond motifs is 1. The third-order valence-corrected chi connectivity index (χ3v) is 4.11. The number of rotatable bonds is 3. The van der Waals surface area contributed by atoms with E-state index in [0.717, 1.165) is 17.2 Å². The van der Waals surface area contributed by atoms with Crippen molar-refractivity contribution in [3.05, 3.63) is 41.5 Å². The summed E-state index contributed by atoms with van der Waals surface area (Å²) < 4.78 is 33.7. The summed E-state index contributed by atoms with van der Waals surface area (Å²) in [4.78, 5) is -0.0956. The van der Waals surface area contributed by atoms with Crippen LogP contribution in [-0.2, 0) is 23.0 Å².